The lowest BCUT2D eigenvalue weighted by Gasteiger charge is -2.20. The summed E-state index contributed by atoms with van der Waals surface area (Å²) in [5, 5.41) is 2.92. The summed E-state index contributed by atoms with van der Waals surface area (Å²) in [4.78, 5) is 24.4. The van der Waals surface area contributed by atoms with Crippen LogP contribution in [0.3, 0.4) is 0 Å². The normalized spacial score (nSPS) is 18.2. The quantitative estimate of drug-likeness (QED) is 0.649. The zero-order chi connectivity index (χ0) is 16.7. The Balaban J connectivity index is 1.73. The van der Waals surface area contributed by atoms with Crippen LogP contribution in [0, 0.1) is 6.92 Å². The minimum Gasteiger partial charge on any atom is -0.448 e. The summed E-state index contributed by atoms with van der Waals surface area (Å²) in [6.07, 6.45) is 2.25. The minimum absolute atomic E-state index is 0.00816. The Morgan fingerprint density at radius 1 is 1.12 bits per heavy atom. The van der Waals surface area contributed by atoms with E-state index in [1.165, 1.54) is 0 Å². The lowest BCUT2D eigenvalue weighted by atomic mass is 9.96. The zero-order valence-corrected chi connectivity index (χ0v) is 13.5. The van der Waals surface area contributed by atoms with Gasteiger partial charge in [-0.3, -0.25) is 4.79 Å². The number of benzene rings is 2. The van der Waals surface area contributed by atoms with Crippen molar-refractivity contribution in [2.24, 2.45) is 0 Å². The van der Waals surface area contributed by atoms with Gasteiger partial charge in [0.15, 0.2) is 11.9 Å². The van der Waals surface area contributed by atoms with Crippen LogP contribution >= 0.6 is 0 Å². The highest BCUT2D eigenvalue weighted by molar-refractivity contribution is 6.08. The average Bonchev–Trinajstić information content (AvgIpc) is 2.94. The molecule has 3 aromatic rings. The molecular weight excluding hydrogens is 304 g/mol. The van der Waals surface area contributed by atoms with E-state index in [-0.39, 0.29) is 11.5 Å². The Labute approximate surface area is 139 Å². The van der Waals surface area contributed by atoms with E-state index >= 15 is 0 Å². The fourth-order valence-corrected chi connectivity index (χ4v) is 3.40. The summed E-state index contributed by atoms with van der Waals surface area (Å²) in [5.41, 5.74) is 1.44. The summed E-state index contributed by atoms with van der Waals surface area (Å²) in [6, 6.07) is 11.9. The number of furan rings is 1. The second-order valence-electron chi connectivity index (χ2n) is 6.33. The van der Waals surface area contributed by atoms with Crippen molar-refractivity contribution in [1.82, 2.24) is 0 Å². The van der Waals surface area contributed by atoms with Gasteiger partial charge in [0.1, 0.15) is 5.58 Å². The van der Waals surface area contributed by atoms with E-state index in [9.17, 15) is 9.59 Å². The van der Waals surface area contributed by atoms with E-state index in [0.717, 1.165) is 34.6 Å². The number of hydrogen-bond acceptors (Lipinski definition) is 4. The van der Waals surface area contributed by atoms with Gasteiger partial charge in [-0.2, -0.15) is 0 Å². The summed E-state index contributed by atoms with van der Waals surface area (Å²) in [6.45, 7) is 1.85. The third-order valence-electron chi connectivity index (χ3n) is 4.76. The second-order valence-corrected chi connectivity index (χ2v) is 6.33. The van der Waals surface area contributed by atoms with Gasteiger partial charge >= 0.3 is 5.97 Å². The van der Waals surface area contributed by atoms with Crippen molar-refractivity contribution in [3.63, 3.8) is 0 Å². The Morgan fingerprint density at radius 2 is 1.96 bits per heavy atom. The number of esters is 1. The van der Waals surface area contributed by atoms with Crippen LogP contribution in [0.2, 0.25) is 0 Å². The van der Waals surface area contributed by atoms with E-state index in [2.05, 4.69) is 0 Å². The van der Waals surface area contributed by atoms with Gasteiger partial charge < -0.3 is 9.15 Å². The van der Waals surface area contributed by atoms with Crippen LogP contribution in [0.25, 0.3) is 21.7 Å². The molecule has 0 bridgehead atoms. The van der Waals surface area contributed by atoms with E-state index in [0.29, 0.717) is 18.4 Å². The van der Waals surface area contributed by atoms with Crippen molar-refractivity contribution in [2.45, 2.75) is 38.7 Å². The molecule has 1 heterocycles. The number of ether oxygens (including phenoxy) is 1. The lowest BCUT2D eigenvalue weighted by Crippen LogP contribution is -2.30. The fraction of sp³-hybridized carbons (Fsp3) is 0.300. The maximum Gasteiger partial charge on any atom is 0.375 e. The molecule has 1 saturated carbocycles. The molecule has 0 aliphatic heterocycles. The van der Waals surface area contributed by atoms with Crippen LogP contribution in [-0.4, -0.2) is 17.9 Å². The van der Waals surface area contributed by atoms with Crippen molar-refractivity contribution in [1.29, 1.82) is 0 Å². The molecule has 0 amide bonds. The molecule has 0 unspecified atom stereocenters. The highest BCUT2D eigenvalue weighted by atomic mass is 16.6. The van der Waals surface area contributed by atoms with Crippen molar-refractivity contribution in [3.8, 4) is 0 Å². The number of ketones is 1. The molecule has 1 aliphatic carbocycles. The van der Waals surface area contributed by atoms with Gasteiger partial charge in [-0.25, -0.2) is 4.79 Å². The standard InChI is InChI=1S/C20H18O4/c1-12-14-11-10-13-6-2-3-7-15(13)19(14)24-18(12)20(22)23-17-9-5-4-8-16(17)21/h2-3,6-7,10-11,17H,4-5,8-9H2,1H3/t17-/m0/s1. The average molecular weight is 322 g/mol. The Morgan fingerprint density at radius 3 is 2.79 bits per heavy atom. The number of carbonyl (C=O) groups excluding carboxylic acids is 2. The monoisotopic (exact) mass is 322 g/mol. The van der Waals surface area contributed by atoms with Crippen LogP contribution in [-0.2, 0) is 9.53 Å². The second kappa shape index (κ2) is 5.78. The first-order chi connectivity index (χ1) is 11.6. The zero-order valence-electron chi connectivity index (χ0n) is 13.5. The van der Waals surface area contributed by atoms with Crippen LogP contribution in [0.5, 0.6) is 0 Å². The molecule has 4 heteroatoms. The summed E-state index contributed by atoms with van der Waals surface area (Å²) >= 11 is 0. The Hall–Kier alpha value is -2.62. The first-order valence-electron chi connectivity index (χ1n) is 8.29. The molecule has 0 spiro atoms. The summed E-state index contributed by atoms with van der Waals surface area (Å²) in [7, 11) is 0. The number of hydrogen-bond donors (Lipinski definition) is 0. The number of Topliss-reactive ketones (excluding diaryl/α,β-unsaturated/α-hetero) is 1. The molecule has 0 N–H and O–H groups in total. The first kappa shape index (κ1) is 14.9. The number of carbonyl (C=O) groups is 2. The van der Waals surface area contributed by atoms with E-state index in [1.54, 1.807) is 0 Å². The van der Waals surface area contributed by atoms with E-state index in [1.807, 2.05) is 43.3 Å². The van der Waals surface area contributed by atoms with Crippen LogP contribution in [0.4, 0.5) is 0 Å². The van der Waals surface area contributed by atoms with Gasteiger partial charge in [0.25, 0.3) is 0 Å². The molecular formula is C20H18O4. The van der Waals surface area contributed by atoms with Gasteiger partial charge in [0.05, 0.1) is 0 Å². The van der Waals surface area contributed by atoms with E-state index in [4.69, 9.17) is 9.15 Å². The molecule has 1 aromatic heterocycles. The van der Waals surface area contributed by atoms with Crippen molar-refractivity contribution in [2.75, 3.05) is 0 Å². The van der Waals surface area contributed by atoms with Gasteiger partial charge in [0.2, 0.25) is 5.76 Å². The summed E-state index contributed by atoms with van der Waals surface area (Å²) in [5.74, 6) is -0.346. The Kier molecular flexibility index (Phi) is 3.60. The first-order valence-corrected chi connectivity index (χ1v) is 8.29. The number of aryl methyl sites for hydroxylation is 1. The smallest absolute Gasteiger partial charge is 0.375 e. The van der Waals surface area contributed by atoms with Gasteiger partial charge in [-0.1, -0.05) is 36.4 Å². The third-order valence-corrected chi connectivity index (χ3v) is 4.76. The molecule has 2 aromatic carbocycles. The molecule has 1 fully saturated rings. The predicted octanol–water partition coefficient (Wildman–Crippen LogP) is 4.56. The molecule has 1 atom stereocenters. The number of fused-ring (bicyclic) bond motifs is 3. The van der Waals surface area contributed by atoms with E-state index < -0.39 is 12.1 Å². The Bertz CT molecular complexity index is 951. The topological polar surface area (TPSA) is 56.5 Å². The predicted molar refractivity (Wildman–Crippen MR) is 91.1 cm³/mol. The molecule has 122 valence electrons. The molecule has 1 aliphatic rings. The maximum absolute atomic E-state index is 12.5. The van der Waals surface area contributed by atoms with Crippen molar-refractivity contribution < 1.29 is 18.7 Å². The minimum atomic E-state index is -0.629. The molecule has 0 radical (unpaired) electrons. The fourth-order valence-electron chi connectivity index (χ4n) is 3.40. The molecule has 4 rings (SSSR count). The number of rotatable bonds is 2. The molecule has 0 saturated heterocycles. The SMILES string of the molecule is Cc1c(C(=O)O[C@H]2CCCCC2=O)oc2c1ccc1ccccc12. The highest BCUT2D eigenvalue weighted by Gasteiger charge is 2.29. The third kappa shape index (κ3) is 2.39. The highest BCUT2D eigenvalue weighted by Crippen LogP contribution is 2.32. The largest absolute Gasteiger partial charge is 0.448 e. The van der Waals surface area contributed by atoms with Gasteiger partial charge in [0, 0.05) is 22.8 Å². The van der Waals surface area contributed by atoms with Crippen molar-refractivity contribution >= 4 is 33.5 Å². The van der Waals surface area contributed by atoms with Crippen LogP contribution in [0.1, 0.15) is 41.8 Å². The molecule has 24 heavy (non-hydrogen) atoms. The van der Waals surface area contributed by atoms with Crippen LogP contribution in [0.15, 0.2) is 40.8 Å². The summed E-state index contributed by atoms with van der Waals surface area (Å²) < 4.78 is 11.3. The van der Waals surface area contributed by atoms with Gasteiger partial charge in [-0.05, 0) is 31.6 Å². The molecule has 4 nitrogen and oxygen atoms in total. The van der Waals surface area contributed by atoms with Gasteiger partial charge in [-0.15, -0.1) is 0 Å². The van der Waals surface area contributed by atoms with Crippen LogP contribution < -0.4 is 0 Å². The lowest BCUT2D eigenvalue weighted by molar-refractivity contribution is -0.130. The maximum atomic E-state index is 12.5. The van der Waals surface area contributed by atoms with Crippen molar-refractivity contribution in [3.05, 3.63) is 47.7 Å².